The number of carbonyl (C=O) groups excluding carboxylic acids is 1. The predicted molar refractivity (Wildman–Crippen MR) is 98.9 cm³/mol. The van der Waals surface area contributed by atoms with Gasteiger partial charge in [0.1, 0.15) is 23.7 Å². The Kier molecular flexibility index (Phi) is 6.08. The molecule has 0 radical (unpaired) electrons. The Morgan fingerprint density at radius 1 is 1.19 bits per heavy atom. The highest BCUT2D eigenvalue weighted by atomic mass is 19.1. The van der Waals surface area contributed by atoms with Gasteiger partial charge >= 0.3 is 5.97 Å². The number of benzene rings is 2. The first-order chi connectivity index (χ1) is 13.1. The van der Waals surface area contributed by atoms with Crippen LogP contribution in [0.15, 0.2) is 48.5 Å². The molecule has 144 valence electrons. The molecular formula is C21H24FNO4. The summed E-state index contributed by atoms with van der Waals surface area (Å²) >= 11 is 0. The lowest BCUT2D eigenvalue weighted by Crippen LogP contribution is -2.52. The van der Waals surface area contributed by atoms with Gasteiger partial charge in [0, 0.05) is 18.7 Å². The van der Waals surface area contributed by atoms with Gasteiger partial charge in [-0.1, -0.05) is 30.3 Å². The molecule has 1 aliphatic heterocycles. The van der Waals surface area contributed by atoms with Crippen LogP contribution >= 0.6 is 0 Å². The molecule has 5 nitrogen and oxygen atoms in total. The van der Waals surface area contributed by atoms with E-state index in [1.165, 1.54) is 13.2 Å². The van der Waals surface area contributed by atoms with Gasteiger partial charge in [0.2, 0.25) is 0 Å². The standard InChI is InChI=1S/C21H24FNO4/c1-25-14-21(20(24)26-2)12-11-19(23-21)15-7-9-17(10-8-15)27-13-16-5-3-4-6-18(16)22/h3-10,19,23H,11-14H2,1-2H3/t19-,21-/m1/s1. The summed E-state index contributed by atoms with van der Waals surface area (Å²) in [5.41, 5.74) is 0.755. The summed E-state index contributed by atoms with van der Waals surface area (Å²) in [6.45, 7) is 0.437. The maximum atomic E-state index is 13.7. The zero-order valence-corrected chi connectivity index (χ0v) is 15.5. The second-order valence-corrected chi connectivity index (χ2v) is 6.69. The van der Waals surface area contributed by atoms with Crippen molar-refractivity contribution in [3.63, 3.8) is 0 Å². The van der Waals surface area contributed by atoms with Crippen LogP contribution in [0.4, 0.5) is 4.39 Å². The van der Waals surface area contributed by atoms with E-state index in [-0.39, 0.29) is 31.0 Å². The Morgan fingerprint density at radius 3 is 2.59 bits per heavy atom. The van der Waals surface area contributed by atoms with Gasteiger partial charge < -0.3 is 14.2 Å². The molecule has 0 unspecified atom stereocenters. The van der Waals surface area contributed by atoms with Crippen molar-refractivity contribution >= 4 is 5.97 Å². The molecule has 1 saturated heterocycles. The van der Waals surface area contributed by atoms with E-state index in [1.807, 2.05) is 24.3 Å². The van der Waals surface area contributed by atoms with Gasteiger partial charge in [-0.25, -0.2) is 9.18 Å². The zero-order valence-electron chi connectivity index (χ0n) is 15.5. The zero-order chi connectivity index (χ0) is 19.3. The molecule has 0 saturated carbocycles. The first-order valence-corrected chi connectivity index (χ1v) is 8.89. The third-order valence-corrected chi connectivity index (χ3v) is 4.91. The summed E-state index contributed by atoms with van der Waals surface area (Å²) < 4.78 is 29.5. The molecule has 1 aliphatic rings. The van der Waals surface area contributed by atoms with Crippen molar-refractivity contribution in [3.8, 4) is 5.75 Å². The number of nitrogens with one attached hydrogen (secondary N) is 1. The number of carbonyl (C=O) groups is 1. The summed E-state index contributed by atoms with van der Waals surface area (Å²) in [5.74, 6) is 0.0781. The SMILES string of the molecule is COC[C@@]1(C(=O)OC)CC[C@H](c2ccc(OCc3ccccc3F)cc2)N1. The number of esters is 1. The fraction of sp³-hybridized carbons (Fsp3) is 0.381. The fourth-order valence-electron chi connectivity index (χ4n) is 3.47. The van der Waals surface area contributed by atoms with Crippen molar-refractivity contribution < 1.29 is 23.4 Å². The first-order valence-electron chi connectivity index (χ1n) is 8.89. The van der Waals surface area contributed by atoms with E-state index in [9.17, 15) is 9.18 Å². The highest BCUT2D eigenvalue weighted by molar-refractivity contribution is 5.81. The van der Waals surface area contributed by atoms with Gasteiger partial charge in [-0.15, -0.1) is 0 Å². The maximum Gasteiger partial charge on any atom is 0.328 e. The van der Waals surface area contributed by atoms with Gasteiger partial charge in [0.15, 0.2) is 0 Å². The van der Waals surface area contributed by atoms with E-state index >= 15 is 0 Å². The molecule has 2 aromatic rings. The molecule has 0 bridgehead atoms. The lowest BCUT2D eigenvalue weighted by Gasteiger charge is -2.26. The van der Waals surface area contributed by atoms with Crippen molar-refractivity contribution in [2.24, 2.45) is 0 Å². The molecule has 1 N–H and O–H groups in total. The van der Waals surface area contributed by atoms with Crippen LogP contribution in [0.1, 0.15) is 30.0 Å². The predicted octanol–water partition coefficient (Wildman–Crippen LogP) is 3.39. The summed E-state index contributed by atoms with van der Waals surface area (Å²) in [6, 6.07) is 14.2. The van der Waals surface area contributed by atoms with Crippen LogP contribution in [-0.2, 0) is 20.9 Å². The van der Waals surface area contributed by atoms with Crippen molar-refractivity contribution in [2.75, 3.05) is 20.8 Å². The molecule has 1 heterocycles. The monoisotopic (exact) mass is 373 g/mol. The number of rotatable bonds is 7. The number of hydrogen-bond donors (Lipinski definition) is 1. The second kappa shape index (κ2) is 8.50. The Balaban J connectivity index is 1.64. The van der Waals surface area contributed by atoms with Crippen molar-refractivity contribution in [1.29, 1.82) is 0 Å². The fourth-order valence-corrected chi connectivity index (χ4v) is 3.47. The molecule has 0 aromatic heterocycles. The molecule has 0 amide bonds. The first kappa shape index (κ1) is 19.3. The lowest BCUT2D eigenvalue weighted by atomic mass is 9.98. The third-order valence-electron chi connectivity index (χ3n) is 4.91. The highest BCUT2D eigenvalue weighted by Gasteiger charge is 2.46. The summed E-state index contributed by atoms with van der Waals surface area (Å²) in [6.07, 6.45) is 1.44. The summed E-state index contributed by atoms with van der Waals surface area (Å²) in [4.78, 5) is 12.2. The smallest absolute Gasteiger partial charge is 0.328 e. The van der Waals surface area contributed by atoms with Gasteiger partial charge in [-0.05, 0) is 36.6 Å². The Bertz CT molecular complexity index is 780. The maximum absolute atomic E-state index is 13.7. The number of ether oxygens (including phenoxy) is 3. The summed E-state index contributed by atoms with van der Waals surface area (Å²) in [7, 11) is 2.96. The number of halogens is 1. The van der Waals surface area contributed by atoms with E-state index in [1.54, 1.807) is 25.3 Å². The molecule has 27 heavy (non-hydrogen) atoms. The van der Waals surface area contributed by atoms with E-state index in [0.717, 1.165) is 12.0 Å². The average Bonchev–Trinajstić information content (AvgIpc) is 3.13. The van der Waals surface area contributed by atoms with Gasteiger partial charge in [0.05, 0.1) is 13.7 Å². The van der Waals surface area contributed by atoms with Crippen LogP contribution in [0.3, 0.4) is 0 Å². The van der Waals surface area contributed by atoms with E-state index in [4.69, 9.17) is 14.2 Å². The molecule has 1 fully saturated rings. The minimum Gasteiger partial charge on any atom is -0.489 e. The van der Waals surface area contributed by atoms with E-state index in [2.05, 4.69) is 5.32 Å². The van der Waals surface area contributed by atoms with E-state index < -0.39 is 5.54 Å². The molecule has 6 heteroatoms. The largest absolute Gasteiger partial charge is 0.489 e. The molecule has 0 aliphatic carbocycles. The Hall–Kier alpha value is -2.44. The van der Waals surface area contributed by atoms with Crippen LogP contribution in [0, 0.1) is 5.82 Å². The quantitative estimate of drug-likeness (QED) is 0.754. The minimum atomic E-state index is -0.811. The van der Waals surface area contributed by atoms with Crippen LogP contribution in [-0.4, -0.2) is 32.3 Å². The van der Waals surface area contributed by atoms with Crippen LogP contribution in [0.2, 0.25) is 0 Å². The third kappa shape index (κ3) is 4.28. The van der Waals surface area contributed by atoms with Crippen LogP contribution in [0.25, 0.3) is 0 Å². The summed E-state index contributed by atoms with van der Waals surface area (Å²) in [5, 5.41) is 3.37. The van der Waals surface area contributed by atoms with Crippen LogP contribution < -0.4 is 10.1 Å². The number of methoxy groups -OCH3 is 2. The Labute approximate surface area is 158 Å². The van der Waals surface area contributed by atoms with Crippen molar-refractivity contribution in [3.05, 3.63) is 65.5 Å². The topological polar surface area (TPSA) is 56.8 Å². The normalized spacial score (nSPS) is 21.8. The molecule has 0 spiro atoms. The molecule has 2 aromatic carbocycles. The van der Waals surface area contributed by atoms with Gasteiger partial charge in [-0.3, -0.25) is 5.32 Å². The second-order valence-electron chi connectivity index (χ2n) is 6.69. The number of hydrogen-bond acceptors (Lipinski definition) is 5. The van der Waals surface area contributed by atoms with Gasteiger partial charge in [0.25, 0.3) is 0 Å². The molecular weight excluding hydrogens is 349 g/mol. The van der Waals surface area contributed by atoms with Crippen LogP contribution in [0.5, 0.6) is 5.75 Å². The Morgan fingerprint density at radius 2 is 1.93 bits per heavy atom. The minimum absolute atomic E-state index is 0.0277. The van der Waals surface area contributed by atoms with Crippen molar-refractivity contribution in [2.45, 2.75) is 31.0 Å². The van der Waals surface area contributed by atoms with Gasteiger partial charge in [-0.2, -0.15) is 0 Å². The highest BCUT2D eigenvalue weighted by Crippen LogP contribution is 2.34. The molecule has 2 atom stereocenters. The van der Waals surface area contributed by atoms with E-state index in [0.29, 0.717) is 17.7 Å². The lowest BCUT2D eigenvalue weighted by molar-refractivity contribution is -0.150. The van der Waals surface area contributed by atoms with Crippen molar-refractivity contribution in [1.82, 2.24) is 5.32 Å². The average molecular weight is 373 g/mol. The molecule has 3 rings (SSSR count).